The van der Waals surface area contributed by atoms with Crippen molar-refractivity contribution in [3.05, 3.63) is 59.7 Å². The fourth-order valence-electron chi connectivity index (χ4n) is 6.67. The van der Waals surface area contributed by atoms with Crippen molar-refractivity contribution in [2.75, 3.05) is 25.0 Å². The summed E-state index contributed by atoms with van der Waals surface area (Å²) in [6.45, 7) is 6.36. The quantitative estimate of drug-likeness (QED) is 0.303. The summed E-state index contributed by atoms with van der Waals surface area (Å²) < 4.78 is 58.6. The number of pyridine rings is 1. The molecule has 2 fully saturated rings. The monoisotopic (exact) mass is 566 g/mol. The van der Waals surface area contributed by atoms with Crippen molar-refractivity contribution in [2.45, 2.75) is 63.7 Å². The number of aromatic nitrogens is 5. The number of piperazine rings is 1. The first-order chi connectivity index (χ1) is 19.9. The zero-order valence-corrected chi connectivity index (χ0v) is 22.6. The molecule has 0 saturated carbocycles. The van der Waals surface area contributed by atoms with E-state index < -0.39 is 24.1 Å². The molecule has 0 aliphatic carbocycles. The summed E-state index contributed by atoms with van der Waals surface area (Å²) >= 11 is 0. The number of rotatable bonds is 7. The van der Waals surface area contributed by atoms with Gasteiger partial charge in [-0.15, -0.1) is 0 Å². The van der Waals surface area contributed by atoms with Crippen LogP contribution < -0.4 is 5.32 Å². The van der Waals surface area contributed by atoms with Gasteiger partial charge in [-0.2, -0.15) is 0 Å². The number of anilines is 2. The third-order valence-electron chi connectivity index (χ3n) is 8.71. The lowest BCUT2D eigenvalue weighted by Gasteiger charge is -2.40. The fourth-order valence-corrected chi connectivity index (χ4v) is 6.67. The fraction of sp³-hybridized carbons (Fsp3) is 0.448. The maximum Gasteiger partial charge on any atom is 0.259 e. The second-order valence-electron chi connectivity index (χ2n) is 11.1. The van der Waals surface area contributed by atoms with E-state index in [-0.39, 0.29) is 34.7 Å². The standard InChI is InChI=1S/C29H30F4N8/c1-2-39-14-18-4-5-19(15-39)40(18)13-16-3-7-24(34-11-16)36-29-35-12-21(31)26(38-29)17-9-20(30)27-23(10-17)41-22(28(32)33)6-8-25(41)37-27/h3,7,9-12,18-19,22,28H,2,4-6,8,13-15H2,1H3,(H,34,35,36,38). The highest BCUT2D eigenvalue weighted by Crippen LogP contribution is 2.37. The minimum Gasteiger partial charge on any atom is -0.319 e. The summed E-state index contributed by atoms with van der Waals surface area (Å²) in [5, 5.41) is 3.00. The third-order valence-corrected chi connectivity index (χ3v) is 8.71. The normalized spacial score (nSPS) is 22.6. The van der Waals surface area contributed by atoms with E-state index in [9.17, 15) is 13.2 Å². The molecule has 41 heavy (non-hydrogen) atoms. The van der Waals surface area contributed by atoms with Gasteiger partial charge in [-0.3, -0.25) is 4.90 Å². The maximum absolute atomic E-state index is 15.0. The number of fused-ring (bicyclic) bond motifs is 5. The largest absolute Gasteiger partial charge is 0.319 e. The number of benzene rings is 1. The lowest BCUT2D eigenvalue weighted by Crippen LogP contribution is -2.52. The first-order valence-corrected chi connectivity index (χ1v) is 14.1. The minimum atomic E-state index is -2.62. The van der Waals surface area contributed by atoms with Crippen LogP contribution in [0.5, 0.6) is 0 Å². The van der Waals surface area contributed by atoms with Gasteiger partial charge in [0.05, 0.1) is 17.8 Å². The lowest BCUT2D eigenvalue weighted by molar-refractivity contribution is 0.0641. The van der Waals surface area contributed by atoms with Crippen LogP contribution in [0.15, 0.2) is 36.7 Å². The number of nitrogens with zero attached hydrogens (tertiary/aromatic N) is 7. The van der Waals surface area contributed by atoms with Crippen LogP contribution in [0.4, 0.5) is 29.3 Å². The third kappa shape index (κ3) is 4.72. The summed E-state index contributed by atoms with van der Waals surface area (Å²) in [5.74, 6) is -0.513. The maximum atomic E-state index is 15.0. The molecule has 7 rings (SSSR count). The van der Waals surface area contributed by atoms with Crippen LogP contribution in [0.3, 0.4) is 0 Å². The highest BCUT2D eigenvalue weighted by Gasteiger charge is 2.39. The van der Waals surface area contributed by atoms with E-state index in [0.717, 1.165) is 44.0 Å². The molecule has 1 aromatic carbocycles. The van der Waals surface area contributed by atoms with Crippen molar-refractivity contribution in [1.29, 1.82) is 0 Å². The summed E-state index contributed by atoms with van der Waals surface area (Å²) in [4.78, 5) is 22.2. The number of imidazole rings is 1. The second kappa shape index (κ2) is 10.3. The van der Waals surface area contributed by atoms with Crippen LogP contribution in [0.25, 0.3) is 22.3 Å². The Morgan fingerprint density at radius 2 is 1.78 bits per heavy atom. The zero-order valence-electron chi connectivity index (χ0n) is 22.6. The molecule has 3 aliphatic rings. The molecule has 3 unspecified atom stereocenters. The number of aryl methyl sites for hydroxylation is 1. The minimum absolute atomic E-state index is 0.00791. The van der Waals surface area contributed by atoms with E-state index in [4.69, 9.17) is 0 Å². The van der Waals surface area contributed by atoms with Crippen molar-refractivity contribution in [3.8, 4) is 11.3 Å². The molecule has 3 aromatic heterocycles. The second-order valence-corrected chi connectivity index (χ2v) is 11.1. The predicted molar refractivity (Wildman–Crippen MR) is 146 cm³/mol. The van der Waals surface area contributed by atoms with Crippen LogP contribution in [-0.2, 0) is 13.0 Å². The molecule has 2 bridgehead atoms. The summed E-state index contributed by atoms with van der Waals surface area (Å²) in [6.07, 6.45) is 3.21. The topological polar surface area (TPSA) is 75.0 Å². The lowest BCUT2D eigenvalue weighted by atomic mass is 10.1. The Morgan fingerprint density at radius 1 is 0.976 bits per heavy atom. The van der Waals surface area contributed by atoms with Crippen LogP contribution in [-0.4, -0.2) is 72.4 Å². The Bertz CT molecular complexity index is 1580. The number of likely N-dealkylation sites (tertiary alicyclic amines) is 1. The molecule has 4 aromatic rings. The first-order valence-electron chi connectivity index (χ1n) is 14.1. The molecule has 6 heterocycles. The Hall–Kier alpha value is -3.64. The van der Waals surface area contributed by atoms with Crippen LogP contribution in [0.2, 0.25) is 0 Å². The van der Waals surface area contributed by atoms with E-state index >= 15 is 4.39 Å². The van der Waals surface area contributed by atoms with E-state index in [2.05, 4.69) is 42.0 Å². The molecule has 2 saturated heterocycles. The smallest absolute Gasteiger partial charge is 0.259 e. The van der Waals surface area contributed by atoms with Crippen molar-refractivity contribution >= 4 is 22.8 Å². The van der Waals surface area contributed by atoms with Gasteiger partial charge >= 0.3 is 0 Å². The Labute approximate surface area is 234 Å². The molecule has 0 amide bonds. The highest BCUT2D eigenvalue weighted by molar-refractivity contribution is 5.83. The molecule has 3 atom stereocenters. The summed E-state index contributed by atoms with van der Waals surface area (Å²) in [7, 11) is 0. The molecular formula is C29H30F4N8. The molecule has 8 nitrogen and oxygen atoms in total. The van der Waals surface area contributed by atoms with Gasteiger partial charge in [0.15, 0.2) is 11.6 Å². The van der Waals surface area contributed by atoms with Crippen LogP contribution in [0, 0.1) is 11.6 Å². The molecule has 0 spiro atoms. The number of likely N-dealkylation sites (N-methyl/N-ethyl adjacent to an activating group) is 1. The summed E-state index contributed by atoms with van der Waals surface area (Å²) in [6, 6.07) is 6.48. The zero-order chi connectivity index (χ0) is 28.2. The molecular weight excluding hydrogens is 536 g/mol. The first kappa shape index (κ1) is 26.3. The van der Waals surface area contributed by atoms with E-state index in [0.29, 0.717) is 30.1 Å². The highest BCUT2D eigenvalue weighted by atomic mass is 19.3. The van der Waals surface area contributed by atoms with Crippen molar-refractivity contribution in [3.63, 3.8) is 0 Å². The number of nitrogens with one attached hydrogen (secondary N) is 1. The van der Waals surface area contributed by atoms with Crippen molar-refractivity contribution in [1.82, 2.24) is 34.3 Å². The van der Waals surface area contributed by atoms with E-state index in [1.54, 1.807) is 0 Å². The SMILES string of the molecule is CCN1CC2CCC(C1)N2Cc1ccc(Nc2ncc(F)c(-c3cc(F)c4nc5n(c4c3)C(C(F)F)CC5)n2)nc1. The van der Waals surface area contributed by atoms with Gasteiger partial charge in [0.25, 0.3) is 6.43 Å². The molecule has 214 valence electrons. The number of hydrogen-bond acceptors (Lipinski definition) is 7. The number of halogens is 4. The molecule has 3 aliphatic heterocycles. The average molecular weight is 567 g/mol. The average Bonchev–Trinajstić information content (AvgIpc) is 3.61. The van der Waals surface area contributed by atoms with Gasteiger partial charge < -0.3 is 14.8 Å². The molecule has 0 radical (unpaired) electrons. The number of alkyl halides is 2. The van der Waals surface area contributed by atoms with Crippen LogP contribution >= 0.6 is 0 Å². The Kier molecular flexibility index (Phi) is 6.61. The Balaban J connectivity index is 1.11. The van der Waals surface area contributed by atoms with E-state index in [1.165, 1.54) is 23.5 Å². The summed E-state index contributed by atoms with van der Waals surface area (Å²) in [5.41, 5.74) is 1.27. The molecule has 12 heteroatoms. The predicted octanol–water partition coefficient (Wildman–Crippen LogP) is 5.33. The van der Waals surface area contributed by atoms with Gasteiger partial charge in [-0.1, -0.05) is 13.0 Å². The van der Waals surface area contributed by atoms with E-state index in [1.807, 2.05) is 18.3 Å². The van der Waals surface area contributed by atoms with Crippen molar-refractivity contribution < 1.29 is 17.6 Å². The van der Waals surface area contributed by atoms with Gasteiger partial charge in [-0.05, 0) is 49.6 Å². The van der Waals surface area contributed by atoms with Gasteiger partial charge in [0, 0.05) is 49.9 Å². The van der Waals surface area contributed by atoms with Gasteiger partial charge in [0.2, 0.25) is 5.95 Å². The van der Waals surface area contributed by atoms with Crippen molar-refractivity contribution in [2.24, 2.45) is 0 Å². The Morgan fingerprint density at radius 3 is 2.49 bits per heavy atom. The van der Waals surface area contributed by atoms with Gasteiger partial charge in [0.1, 0.15) is 22.9 Å². The molecule has 1 N–H and O–H groups in total. The van der Waals surface area contributed by atoms with Crippen LogP contribution in [0.1, 0.15) is 43.6 Å². The number of hydrogen-bond donors (Lipinski definition) is 1. The van der Waals surface area contributed by atoms with Gasteiger partial charge in [-0.25, -0.2) is 37.5 Å².